The van der Waals surface area contributed by atoms with Gasteiger partial charge in [-0.2, -0.15) is 4.68 Å². The first-order chi connectivity index (χ1) is 6.92. The fourth-order valence-electron chi connectivity index (χ4n) is 1.31. The van der Waals surface area contributed by atoms with Crippen molar-refractivity contribution in [3.05, 3.63) is 42.9 Å². The topological polar surface area (TPSA) is 24.4 Å². The first-order valence-electron chi connectivity index (χ1n) is 4.66. The van der Waals surface area contributed by atoms with Gasteiger partial charge in [-0.1, -0.05) is 11.2 Å². The van der Waals surface area contributed by atoms with E-state index in [2.05, 4.69) is 16.7 Å². The third-order valence-corrected chi connectivity index (χ3v) is 1.99. The van der Waals surface area contributed by atoms with Gasteiger partial charge in [-0.05, 0) is 29.0 Å². The molecule has 2 rings (SSSR count). The van der Waals surface area contributed by atoms with Crippen LogP contribution in [0.15, 0.2) is 48.0 Å². The van der Waals surface area contributed by atoms with Crippen LogP contribution in [0, 0.1) is 0 Å². The van der Waals surface area contributed by atoms with Crippen LogP contribution in [0.4, 0.5) is 0 Å². The zero-order valence-corrected chi connectivity index (χ0v) is 8.11. The summed E-state index contributed by atoms with van der Waals surface area (Å²) in [5.41, 5.74) is 0. The highest BCUT2D eigenvalue weighted by Crippen LogP contribution is 1.94. The summed E-state index contributed by atoms with van der Waals surface area (Å²) in [5, 5.41) is 6.03. The van der Waals surface area contributed by atoms with E-state index in [4.69, 9.17) is 0 Å². The first kappa shape index (κ1) is 8.74. The highest BCUT2D eigenvalue weighted by Gasteiger charge is 2.11. The zero-order valence-electron chi connectivity index (χ0n) is 8.11. The van der Waals surface area contributed by atoms with Crippen molar-refractivity contribution in [2.24, 2.45) is 5.10 Å². The van der Waals surface area contributed by atoms with Crippen molar-refractivity contribution < 1.29 is 4.68 Å². The molecule has 0 saturated heterocycles. The number of nitrogens with zero attached hydrogens (tertiary/aromatic N) is 4. The molecule has 0 N–H and O–H groups in total. The Labute approximate surface area is 83.0 Å². The molecule has 2 heterocycles. The van der Waals surface area contributed by atoms with Crippen LogP contribution < -0.4 is 9.80 Å². The number of rotatable bonds is 2. The van der Waals surface area contributed by atoms with E-state index in [0.29, 0.717) is 0 Å². The monoisotopic (exact) mass is 189 g/mol. The molecule has 1 aliphatic heterocycles. The molecule has 0 aromatic carbocycles. The Kier molecular flexibility index (Phi) is 2.44. The predicted octanol–water partition coefficient (Wildman–Crippen LogP) is 0.803. The molecule has 4 heteroatoms. The quantitative estimate of drug-likeness (QED) is 0.632. The molecule has 0 bridgehead atoms. The van der Waals surface area contributed by atoms with E-state index in [-0.39, 0.29) is 0 Å². The Morgan fingerprint density at radius 3 is 3.07 bits per heavy atom. The minimum atomic E-state index is 0.917. The second kappa shape index (κ2) is 3.91. The molecule has 0 spiro atoms. The fraction of sp³-hybridized carbons (Fsp3) is 0.200. The molecule has 0 fully saturated rings. The van der Waals surface area contributed by atoms with E-state index in [9.17, 15) is 0 Å². The smallest absolute Gasteiger partial charge is 0.144 e. The maximum Gasteiger partial charge on any atom is 0.144 e. The molecule has 1 aliphatic rings. The predicted molar refractivity (Wildman–Crippen MR) is 55.3 cm³/mol. The van der Waals surface area contributed by atoms with E-state index in [1.807, 2.05) is 47.7 Å². The summed E-state index contributed by atoms with van der Waals surface area (Å²) in [5.74, 6) is 0. The maximum atomic E-state index is 4.25. The summed E-state index contributed by atoms with van der Waals surface area (Å²) >= 11 is 0. The van der Waals surface area contributed by atoms with E-state index >= 15 is 0 Å². The van der Waals surface area contributed by atoms with Crippen LogP contribution >= 0.6 is 0 Å². The van der Waals surface area contributed by atoms with E-state index in [0.717, 1.165) is 6.54 Å². The van der Waals surface area contributed by atoms with Crippen molar-refractivity contribution in [2.75, 3.05) is 5.12 Å². The van der Waals surface area contributed by atoms with Gasteiger partial charge in [0.25, 0.3) is 0 Å². The zero-order chi connectivity index (χ0) is 9.80. The Balaban J connectivity index is 2.30. The molecular formula is C10H13N4+. The van der Waals surface area contributed by atoms with E-state index < -0.39 is 0 Å². The van der Waals surface area contributed by atoms with Crippen LogP contribution in [0.5, 0.6) is 0 Å². The number of hydrogen-bond acceptors (Lipinski definition) is 2. The van der Waals surface area contributed by atoms with Crippen LogP contribution in [-0.2, 0) is 6.54 Å². The summed E-state index contributed by atoms with van der Waals surface area (Å²) in [6.07, 6.45) is 13.5. The van der Waals surface area contributed by atoms with Crippen LogP contribution in [0.25, 0.3) is 0 Å². The Morgan fingerprint density at radius 1 is 1.29 bits per heavy atom. The summed E-state index contributed by atoms with van der Waals surface area (Å²) in [4.78, 5) is 1.94. The van der Waals surface area contributed by atoms with Gasteiger partial charge in [0, 0.05) is 6.07 Å². The average Bonchev–Trinajstić information content (AvgIpc) is 2.52. The number of aromatic nitrogens is 2. The number of allylic oxidation sites excluding steroid dienone is 3. The molecule has 1 aromatic heterocycles. The maximum absolute atomic E-state index is 4.25. The third-order valence-electron chi connectivity index (χ3n) is 1.99. The van der Waals surface area contributed by atoms with Crippen molar-refractivity contribution in [3.8, 4) is 0 Å². The van der Waals surface area contributed by atoms with Crippen molar-refractivity contribution in [3.63, 3.8) is 0 Å². The molecule has 4 nitrogen and oxygen atoms in total. The van der Waals surface area contributed by atoms with Crippen molar-refractivity contribution in [1.29, 1.82) is 0 Å². The summed E-state index contributed by atoms with van der Waals surface area (Å²) in [6, 6.07) is 1.99. The van der Waals surface area contributed by atoms with Crippen LogP contribution in [-0.4, -0.2) is 11.0 Å². The molecule has 0 aliphatic carbocycles. The van der Waals surface area contributed by atoms with Gasteiger partial charge in [0.15, 0.2) is 0 Å². The Morgan fingerprint density at radius 2 is 2.21 bits per heavy atom. The summed E-state index contributed by atoms with van der Waals surface area (Å²) in [7, 11) is 0. The van der Waals surface area contributed by atoms with E-state index in [1.165, 1.54) is 0 Å². The Bertz CT molecular complexity index is 371. The van der Waals surface area contributed by atoms with Crippen molar-refractivity contribution >= 4 is 6.21 Å². The number of hydrogen-bond donors (Lipinski definition) is 0. The van der Waals surface area contributed by atoms with Crippen LogP contribution in [0.1, 0.15) is 6.92 Å². The summed E-state index contributed by atoms with van der Waals surface area (Å²) < 4.78 is 2.06. The molecule has 0 unspecified atom stereocenters. The lowest BCUT2D eigenvalue weighted by molar-refractivity contribution is -0.771. The lowest BCUT2D eigenvalue weighted by Crippen LogP contribution is -2.48. The van der Waals surface area contributed by atoms with Gasteiger partial charge >= 0.3 is 0 Å². The molecule has 72 valence electrons. The fourth-order valence-corrected chi connectivity index (χ4v) is 1.31. The number of aryl methyl sites for hydroxylation is 1. The van der Waals surface area contributed by atoms with Crippen LogP contribution in [0.3, 0.4) is 0 Å². The minimum absolute atomic E-state index is 0.917. The van der Waals surface area contributed by atoms with Gasteiger partial charge < -0.3 is 0 Å². The Hall–Kier alpha value is -1.84. The minimum Gasteiger partial charge on any atom is -0.162 e. The van der Waals surface area contributed by atoms with Crippen molar-refractivity contribution in [2.45, 2.75) is 13.5 Å². The molecule has 0 atom stereocenters. The third kappa shape index (κ3) is 1.59. The highest BCUT2D eigenvalue weighted by molar-refractivity contribution is 5.72. The second-order valence-corrected chi connectivity index (χ2v) is 2.88. The molecule has 14 heavy (non-hydrogen) atoms. The number of hydrazone groups is 1. The van der Waals surface area contributed by atoms with Gasteiger partial charge in [-0.25, -0.2) is 0 Å². The molecule has 0 saturated carbocycles. The largest absolute Gasteiger partial charge is 0.162 e. The van der Waals surface area contributed by atoms with Gasteiger partial charge in [0.2, 0.25) is 0 Å². The van der Waals surface area contributed by atoms with Crippen LogP contribution in [0.2, 0.25) is 0 Å². The SMILES string of the molecule is CC[n+]1cccn1N1C=CC=CC=N1. The second-order valence-electron chi connectivity index (χ2n) is 2.88. The summed E-state index contributed by atoms with van der Waals surface area (Å²) in [6.45, 7) is 3.01. The highest BCUT2D eigenvalue weighted by atomic mass is 15.8. The molecule has 0 radical (unpaired) electrons. The lowest BCUT2D eigenvalue weighted by atomic mass is 10.5. The lowest BCUT2D eigenvalue weighted by Gasteiger charge is -2.07. The van der Waals surface area contributed by atoms with Crippen molar-refractivity contribution in [1.82, 2.24) is 4.79 Å². The van der Waals surface area contributed by atoms with Gasteiger partial charge in [0.1, 0.15) is 18.9 Å². The molecule has 1 aromatic rings. The standard InChI is InChI=1S/C10H13N4/c1-2-12-8-6-10-14(12)13-9-5-3-4-7-11-13/h3-10H,2H2,1H3/q+1. The average molecular weight is 189 g/mol. The van der Waals surface area contributed by atoms with Gasteiger partial charge in [-0.15, -0.1) is 0 Å². The van der Waals surface area contributed by atoms with Gasteiger partial charge in [-0.3, -0.25) is 0 Å². The normalized spacial score (nSPS) is 14.8. The van der Waals surface area contributed by atoms with Gasteiger partial charge in [0.05, 0.1) is 12.4 Å². The van der Waals surface area contributed by atoms with E-state index in [1.54, 1.807) is 11.3 Å². The molecule has 0 amide bonds. The first-order valence-corrected chi connectivity index (χ1v) is 4.66. The molecular weight excluding hydrogens is 176 g/mol.